The summed E-state index contributed by atoms with van der Waals surface area (Å²) in [5.74, 6) is -1.43. The Morgan fingerprint density at radius 3 is 2.33 bits per heavy atom. The van der Waals surface area contributed by atoms with Crippen LogP contribution < -0.4 is 11.1 Å². The summed E-state index contributed by atoms with van der Waals surface area (Å²) < 4.78 is 0. The van der Waals surface area contributed by atoms with Gasteiger partial charge in [-0.25, -0.2) is 4.79 Å². The predicted octanol–water partition coefficient (Wildman–Crippen LogP) is 0.483. The SMILES string of the molecule is CCCC(C)(N)C(=O)N[C@@H](CC)C(=O)O. The fourth-order valence-corrected chi connectivity index (χ4v) is 1.29. The zero-order valence-electron chi connectivity index (χ0n) is 9.54. The van der Waals surface area contributed by atoms with E-state index in [4.69, 9.17) is 10.8 Å². The van der Waals surface area contributed by atoms with Crippen molar-refractivity contribution in [3.8, 4) is 0 Å². The van der Waals surface area contributed by atoms with Crippen LogP contribution >= 0.6 is 0 Å². The molecule has 0 heterocycles. The van der Waals surface area contributed by atoms with Crippen molar-refractivity contribution in [2.75, 3.05) is 0 Å². The van der Waals surface area contributed by atoms with Crippen LogP contribution in [0.3, 0.4) is 0 Å². The predicted molar refractivity (Wildman–Crippen MR) is 57.4 cm³/mol. The average Bonchev–Trinajstić information content (AvgIpc) is 2.12. The number of hydrogen-bond acceptors (Lipinski definition) is 3. The number of nitrogens with two attached hydrogens (primary N) is 1. The van der Waals surface area contributed by atoms with Crippen LogP contribution in [0.15, 0.2) is 0 Å². The first kappa shape index (κ1) is 13.9. The number of carbonyl (C=O) groups is 2. The minimum Gasteiger partial charge on any atom is -0.480 e. The number of hydrogen-bond donors (Lipinski definition) is 3. The molecule has 0 fully saturated rings. The van der Waals surface area contributed by atoms with Crippen LogP contribution in [0.25, 0.3) is 0 Å². The highest BCUT2D eigenvalue weighted by molar-refractivity contribution is 5.89. The van der Waals surface area contributed by atoms with E-state index in [1.165, 1.54) is 0 Å². The van der Waals surface area contributed by atoms with Crippen LogP contribution in [0.4, 0.5) is 0 Å². The smallest absolute Gasteiger partial charge is 0.326 e. The monoisotopic (exact) mass is 216 g/mol. The Kier molecular flexibility index (Phi) is 5.28. The second-order valence-corrected chi connectivity index (χ2v) is 3.94. The first-order valence-electron chi connectivity index (χ1n) is 5.17. The van der Waals surface area contributed by atoms with E-state index in [0.29, 0.717) is 12.8 Å². The van der Waals surface area contributed by atoms with Crippen LogP contribution in [0, 0.1) is 0 Å². The van der Waals surface area contributed by atoms with Gasteiger partial charge in [0.25, 0.3) is 0 Å². The molecule has 0 aliphatic heterocycles. The summed E-state index contributed by atoms with van der Waals surface area (Å²) in [6, 6.07) is -0.850. The van der Waals surface area contributed by atoms with Crippen molar-refractivity contribution in [2.45, 2.75) is 51.6 Å². The van der Waals surface area contributed by atoms with Gasteiger partial charge in [0.15, 0.2) is 0 Å². The van der Waals surface area contributed by atoms with E-state index in [1.807, 2.05) is 6.92 Å². The maximum Gasteiger partial charge on any atom is 0.326 e. The maximum absolute atomic E-state index is 11.6. The number of carboxylic acids is 1. The van der Waals surface area contributed by atoms with Crippen molar-refractivity contribution in [3.63, 3.8) is 0 Å². The molecule has 0 saturated carbocycles. The Bertz CT molecular complexity index is 239. The molecule has 88 valence electrons. The molecule has 0 aromatic carbocycles. The van der Waals surface area contributed by atoms with Gasteiger partial charge in [0.2, 0.25) is 5.91 Å². The molecule has 0 bridgehead atoms. The van der Waals surface area contributed by atoms with Gasteiger partial charge in [0.1, 0.15) is 6.04 Å². The summed E-state index contributed by atoms with van der Waals surface area (Å²) in [5.41, 5.74) is 4.78. The molecule has 0 radical (unpaired) electrons. The van der Waals surface area contributed by atoms with Crippen LogP contribution in [0.5, 0.6) is 0 Å². The van der Waals surface area contributed by atoms with Gasteiger partial charge in [-0.1, -0.05) is 20.3 Å². The quantitative estimate of drug-likeness (QED) is 0.602. The Morgan fingerprint density at radius 2 is 2.00 bits per heavy atom. The van der Waals surface area contributed by atoms with Crippen molar-refractivity contribution >= 4 is 11.9 Å². The molecule has 0 aliphatic rings. The van der Waals surface area contributed by atoms with Crippen molar-refractivity contribution in [1.29, 1.82) is 0 Å². The maximum atomic E-state index is 11.6. The zero-order chi connectivity index (χ0) is 12.1. The van der Waals surface area contributed by atoms with Crippen molar-refractivity contribution in [1.82, 2.24) is 5.32 Å². The molecule has 5 heteroatoms. The van der Waals surface area contributed by atoms with Gasteiger partial charge in [0.05, 0.1) is 5.54 Å². The summed E-state index contributed by atoms with van der Waals surface area (Å²) in [6.45, 7) is 5.24. The third kappa shape index (κ3) is 4.29. The molecule has 0 aromatic heterocycles. The summed E-state index contributed by atoms with van der Waals surface area (Å²) >= 11 is 0. The molecular formula is C10H20N2O3. The normalized spacial score (nSPS) is 16.5. The number of nitrogens with one attached hydrogen (secondary N) is 1. The van der Waals surface area contributed by atoms with E-state index in [1.54, 1.807) is 13.8 Å². The molecule has 0 saturated heterocycles. The molecule has 1 amide bonds. The number of carbonyl (C=O) groups excluding carboxylic acids is 1. The van der Waals surface area contributed by atoms with Gasteiger partial charge in [-0.3, -0.25) is 4.79 Å². The molecule has 5 nitrogen and oxygen atoms in total. The molecular weight excluding hydrogens is 196 g/mol. The van der Waals surface area contributed by atoms with E-state index in [-0.39, 0.29) is 0 Å². The van der Waals surface area contributed by atoms with E-state index >= 15 is 0 Å². The standard InChI is InChI=1S/C10H20N2O3/c1-4-6-10(3,11)9(15)12-7(5-2)8(13)14/h7H,4-6,11H2,1-3H3,(H,12,15)(H,13,14)/t7-,10?/m0/s1. The number of carboxylic acid groups (broad SMARTS) is 1. The summed E-state index contributed by atoms with van der Waals surface area (Å²) in [4.78, 5) is 22.3. The minimum absolute atomic E-state index is 0.350. The highest BCUT2D eigenvalue weighted by atomic mass is 16.4. The molecule has 0 rings (SSSR count). The van der Waals surface area contributed by atoms with E-state index in [0.717, 1.165) is 6.42 Å². The van der Waals surface area contributed by atoms with Gasteiger partial charge >= 0.3 is 5.97 Å². The van der Waals surface area contributed by atoms with Crippen molar-refractivity contribution < 1.29 is 14.7 Å². The molecule has 0 aromatic rings. The van der Waals surface area contributed by atoms with Crippen molar-refractivity contribution in [3.05, 3.63) is 0 Å². The second-order valence-electron chi connectivity index (χ2n) is 3.94. The fourth-order valence-electron chi connectivity index (χ4n) is 1.29. The van der Waals surface area contributed by atoms with Gasteiger partial charge in [-0.05, 0) is 19.8 Å². The van der Waals surface area contributed by atoms with Gasteiger partial charge in [-0.2, -0.15) is 0 Å². The highest BCUT2D eigenvalue weighted by Crippen LogP contribution is 2.09. The van der Waals surface area contributed by atoms with Gasteiger partial charge in [0, 0.05) is 0 Å². The lowest BCUT2D eigenvalue weighted by atomic mass is 9.96. The van der Waals surface area contributed by atoms with Crippen molar-refractivity contribution in [2.24, 2.45) is 5.73 Å². The number of rotatable bonds is 6. The first-order valence-corrected chi connectivity index (χ1v) is 5.17. The summed E-state index contributed by atoms with van der Waals surface area (Å²) in [5, 5.41) is 11.2. The van der Waals surface area contributed by atoms with Crippen LogP contribution in [0.2, 0.25) is 0 Å². The first-order chi connectivity index (χ1) is 6.85. The molecule has 0 aliphatic carbocycles. The number of aliphatic carboxylic acids is 1. The van der Waals surface area contributed by atoms with E-state index < -0.39 is 23.5 Å². The zero-order valence-corrected chi connectivity index (χ0v) is 9.54. The molecule has 2 atom stereocenters. The van der Waals surface area contributed by atoms with Crippen LogP contribution in [-0.4, -0.2) is 28.6 Å². The Balaban J connectivity index is 4.40. The largest absolute Gasteiger partial charge is 0.480 e. The molecule has 0 spiro atoms. The Labute approximate surface area is 90.0 Å². The fraction of sp³-hybridized carbons (Fsp3) is 0.800. The van der Waals surface area contributed by atoms with Gasteiger partial charge in [-0.15, -0.1) is 0 Å². The Hall–Kier alpha value is -1.10. The molecule has 4 N–H and O–H groups in total. The third-order valence-electron chi connectivity index (χ3n) is 2.30. The average molecular weight is 216 g/mol. The molecule has 1 unspecified atom stereocenters. The lowest BCUT2D eigenvalue weighted by Gasteiger charge is -2.24. The topological polar surface area (TPSA) is 92.4 Å². The number of amides is 1. The van der Waals surface area contributed by atoms with E-state index in [9.17, 15) is 9.59 Å². The van der Waals surface area contributed by atoms with Gasteiger partial charge < -0.3 is 16.2 Å². The van der Waals surface area contributed by atoms with Crippen LogP contribution in [0.1, 0.15) is 40.0 Å². The lowest BCUT2D eigenvalue weighted by Crippen LogP contribution is -2.55. The Morgan fingerprint density at radius 1 is 1.47 bits per heavy atom. The third-order valence-corrected chi connectivity index (χ3v) is 2.30. The second kappa shape index (κ2) is 5.70. The molecule has 15 heavy (non-hydrogen) atoms. The van der Waals surface area contributed by atoms with E-state index in [2.05, 4.69) is 5.32 Å². The lowest BCUT2D eigenvalue weighted by molar-refractivity contribution is -0.142. The summed E-state index contributed by atoms with van der Waals surface area (Å²) in [6.07, 6.45) is 1.67. The van der Waals surface area contributed by atoms with Crippen LogP contribution in [-0.2, 0) is 9.59 Å². The minimum atomic E-state index is -1.03. The highest BCUT2D eigenvalue weighted by Gasteiger charge is 2.30. The summed E-state index contributed by atoms with van der Waals surface area (Å²) in [7, 11) is 0.